The van der Waals surface area contributed by atoms with Crippen LogP contribution in [0.4, 0.5) is 0 Å². The van der Waals surface area contributed by atoms with E-state index in [0.717, 1.165) is 60.9 Å². The van der Waals surface area contributed by atoms with Gasteiger partial charge in [-0.3, -0.25) is 0 Å². The van der Waals surface area contributed by atoms with Crippen LogP contribution >= 0.6 is 0 Å². The van der Waals surface area contributed by atoms with Gasteiger partial charge >= 0.3 is 0 Å². The molecule has 64 heavy (non-hydrogen) atoms. The summed E-state index contributed by atoms with van der Waals surface area (Å²) in [7, 11) is 0. The van der Waals surface area contributed by atoms with E-state index in [9.17, 15) is 0 Å². The first-order valence-electron chi connectivity index (χ1n) is 21.9. The second kappa shape index (κ2) is 13.4. The topological polar surface area (TPSA) is 27.9 Å². The van der Waals surface area contributed by atoms with Crippen LogP contribution in [0, 0.1) is 0 Å². The van der Waals surface area contributed by atoms with Gasteiger partial charge in [-0.05, 0) is 107 Å². The van der Waals surface area contributed by atoms with Gasteiger partial charge in [-0.2, -0.15) is 0 Å². The van der Waals surface area contributed by atoms with Gasteiger partial charge in [0.25, 0.3) is 0 Å². The van der Waals surface area contributed by atoms with Gasteiger partial charge in [-0.25, -0.2) is 0 Å². The van der Waals surface area contributed by atoms with Crippen molar-refractivity contribution in [3.05, 3.63) is 224 Å². The molecule has 0 fully saturated rings. The molecule has 0 aliphatic heterocycles. The van der Waals surface area contributed by atoms with Gasteiger partial charge in [0.2, 0.25) is 0 Å². The smallest absolute Gasteiger partial charge is 0.160 e. The lowest BCUT2D eigenvalue weighted by molar-refractivity contribution is 0.673. The SMILES string of the molecule is c1ccc(-n2c3ccccc3c3cc(-c4cccc(-c5ccc(-n6c7ccccc7c7ccc8c9ccc%10c%11ccccc%11n(-c%11ccccc%11)c%10c9oc8c76)cc5)c4)ccc32)cc1. The zero-order valence-corrected chi connectivity index (χ0v) is 34.6. The van der Waals surface area contributed by atoms with E-state index in [1.807, 2.05) is 0 Å². The zero-order valence-electron chi connectivity index (χ0n) is 34.6. The summed E-state index contributed by atoms with van der Waals surface area (Å²) in [6.07, 6.45) is 0. The Morgan fingerprint density at radius 2 is 0.641 bits per heavy atom. The van der Waals surface area contributed by atoms with Gasteiger partial charge in [0.05, 0.1) is 33.1 Å². The van der Waals surface area contributed by atoms with Gasteiger partial charge in [-0.1, -0.05) is 140 Å². The maximum absolute atomic E-state index is 7.24. The highest BCUT2D eigenvalue weighted by Crippen LogP contribution is 2.45. The Morgan fingerprint density at radius 1 is 0.234 bits per heavy atom. The quantitative estimate of drug-likeness (QED) is 0.170. The van der Waals surface area contributed by atoms with Crippen LogP contribution in [0.2, 0.25) is 0 Å². The molecular formula is C60H37N3O. The normalized spacial score (nSPS) is 12.1. The number of para-hydroxylation sites is 5. The molecule has 0 atom stereocenters. The molecule has 0 spiro atoms. The molecule has 298 valence electrons. The first-order chi connectivity index (χ1) is 31.8. The molecule has 4 heteroatoms. The lowest BCUT2D eigenvalue weighted by Crippen LogP contribution is -1.94. The fourth-order valence-corrected chi connectivity index (χ4v) is 10.6. The minimum Gasteiger partial charge on any atom is -0.452 e. The summed E-state index contributed by atoms with van der Waals surface area (Å²) in [6.45, 7) is 0. The van der Waals surface area contributed by atoms with Crippen molar-refractivity contribution in [2.75, 3.05) is 0 Å². The molecule has 0 bridgehead atoms. The van der Waals surface area contributed by atoms with E-state index in [-0.39, 0.29) is 0 Å². The summed E-state index contributed by atoms with van der Waals surface area (Å²) in [5.74, 6) is 0. The zero-order chi connectivity index (χ0) is 41.9. The summed E-state index contributed by atoms with van der Waals surface area (Å²) in [4.78, 5) is 0. The van der Waals surface area contributed by atoms with E-state index in [0.29, 0.717) is 0 Å². The summed E-state index contributed by atoms with van der Waals surface area (Å²) in [6, 6.07) is 81.2. The van der Waals surface area contributed by atoms with Gasteiger partial charge < -0.3 is 18.1 Å². The van der Waals surface area contributed by atoms with Crippen LogP contribution < -0.4 is 0 Å². The number of nitrogens with zero attached hydrogens (tertiary/aromatic N) is 3. The highest BCUT2D eigenvalue weighted by atomic mass is 16.3. The van der Waals surface area contributed by atoms with Crippen LogP contribution in [-0.4, -0.2) is 13.7 Å². The molecule has 4 aromatic heterocycles. The molecule has 14 aromatic rings. The summed E-state index contributed by atoms with van der Waals surface area (Å²) < 4.78 is 14.4. The fourth-order valence-electron chi connectivity index (χ4n) is 10.6. The third-order valence-corrected chi connectivity index (χ3v) is 13.4. The van der Waals surface area contributed by atoms with Gasteiger partial charge in [0.15, 0.2) is 11.2 Å². The summed E-state index contributed by atoms with van der Waals surface area (Å²) in [5, 5.41) is 9.47. The number of fused-ring (bicyclic) bond motifs is 14. The molecule has 0 radical (unpaired) electrons. The Hall–Kier alpha value is -8.60. The second-order valence-electron chi connectivity index (χ2n) is 16.9. The molecule has 0 amide bonds. The Kier molecular flexibility index (Phi) is 7.36. The van der Waals surface area contributed by atoms with E-state index < -0.39 is 0 Å². The monoisotopic (exact) mass is 815 g/mol. The van der Waals surface area contributed by atoms with Gasteiger partial charge in [-0.15, -0.1) is 0 Å². The van der Waals surface area contributed by atoms with E-state index in [4.69, 9.17) is 4.42 Å². The Morgan fingerprint density at radius 3 is 1.22 bits per heavy atom. The molecule has 0 aliphatic carbocycles. The number of aromatic nitrogens is 3. The molecule has 0 unspecified atom stereocenters. The van der Waals surface area contributed by atoms with Crippen LogP contribution in [-0.2, 0) is 0 Å². The average molecular weight is 816 g/mol. The van der Waals surface area contributed by atoms with Crippen LogP contribution in [0.3, 0.4) is 0 Å². The summed E-state index contributed by atoms with van der Waals surface area (Å²) in [5.41, 5.74) is 16.8. The van der Waals surface area contributed by atoms with Crippen molar-refractivity contribution in [2.45, 2.75) is 0 Å². The van der Waals surface area contributed by atoms with E-state index in [1.165, 1.54) is 65.7 Å². The molecule has 0 saturated heterocycles. The second-order valence-corrected chi connectivity index (χ2v) is 16.9. The lowest BCUT2D eigenvalue weighted by atomic mass is 9.98. The highest BCUT2D eigenvalue weighted by molar-refractivity contribution is 6.26. The van der Waals surface area contributed by atoms with Gasteiger partial charge in [0.1, 0.15) is 0 Å². The minimum absolute atomic E-state index is 0.890. The van der Waals surface area contributed by atoms with Crippen molar-refractivity contribution in [2.24, 2.45) is 0 Å². The number of furan rings is 1. The molecule has 10 aromatic carbocycles. The first kappa shape index (κ1) is 35.0. The number of hydrogen-bond acceptors (Lipinski definition) is 1. The van der Waals surface area contributed by atoms with Gasteiger partial charge in [0, 0.05) is 60.2 Å². The van der Waals surface area contributed by atoms with Crippen LogP contribution in [0.1, 0.15) is 0 Å². The Bertz CT molecular complexity index is 4170. The van der Waals surface area contributed by atoms with Crippen molar-refractivity contribution in [1.29, 1.82) is 0 Å². The molecule has 0 saturated carbocycles. The molecular weight excluding hydrogens is 779 g/mol. The third kappa shape index (κ3) is 4.99. The van der Waals surface area contributed by atoms with Crippen LogP contribution in [0.15, 0.2) is 229 Å². The largest absolute Gasteiger partial charge is 0.452 e. The average Bonchev–Trinajstić information content (AvgIpc) is 4.11. The van der Waals surface area contributed by atoms with Crippen molar-refractivity contribution >= 4 is 87.4 Å². The Labute approximate surface area is 367 Å². The predicted molar refractivity (Wildman–Crippen MR) is 268 cm³/mol. The van der Waals surface area contributed by atoms with Crippen molar-refractivity contribution in [3.8, 4) is 39.3 Å². The molecule has 0 aliphatic rings. The number of rotatable bonds is 5. The van der Waals surface area contributed by atoms with E-state index in [1.54, 1.807) is 0 Å². The third-order valence-electron chi connectivity index (χ3n) is 13.4. The number of benzene rings is 10. The maximum Gasteiger partial charge on any atom is 0.160 e. The van der Waals surface area contributed by atoms with Crippen LogP contribution in [0.25, 0.3) is 127 Å². The molecule has 4 nitrogen and oxygen atoms in total. The first-order valence-corrected chi connectivity index (χ1v) is 21.9. The molecule has 14 rings (SSSR count). The standard InChI is InChI=1S/C60H37N3O/c1-3-16-42(17-4-1)61-53-23-10-9-22-47(53)52-37-41(28-35-56(52)61)40-15-13-14-39(36-40)38-26-29-44(30-27-38)63-55-25-12-8-21-46(55)49-32-34-51-50-33-31-48-45-20-7-11-24-54(45)62(43-18-5-2-6-19-43)57(48)59(50)64-60(51)58(49)63/h1-37H. The predicted octanol–water partition coefficient (Wildman–Crippen LogP) is 16.2. The summed E-state index contributed by atoms with van der Waals surface area (Å²) >= 11 is 0. The van der Waals surface area contributed by atoms with Crippen molar-refractivity contribution in [3.63, 3.8) is 0 Å². The number of hydrogen-bond donors (Lipinski definition) is 0. The minimum atomic E-state index is 0.890. The van der Waals surface area contributed by atoms with E-state index >= 15 is 0 Å². The highest BCUT2D eigenvalue weighted by Gasteiger charge is 2.23. The molecule has 4 heterocycles. The fraction of sp³-hybridized carbons (Fsp3) is 0. The van der Waals surface area contributed by atoms with E-state index in [2.05, 4.69) is 238 Å². The van der Waals surface area contributed by atoms with Crippen molar-refractivity contribution in [1.82, 2.24) is 13.7 Å². The lowest BCUT2D eigenvalue weighted by Gasteiger charge is -2.11. The maximum atomic E-state index is 7.24. The Balaban J connectivity index is 0.910. The van der Waals surface area contributed by atoms with Crippen LogP contribution in [0.5, 0.6) is 0 Å². The molecule has 0 N–H and O–H groups in total. The van der Waals surface area contributed by atoms with Crippen molar-refractivity contribution < 1.29 is 4.42 Å².